The molecule has 2 heterocycles. The van der Waals surface area contributed by atoms with Crippen LogP contribution in [0.5, 0.6) is 0 Å². The third kappa shape index (κ3) is 4.30. The van der Waals surface area contributed by atoms with Crippen LogP contribution in [0, 0.1) is 26.7 Å². The summed E-state index contributed by atoms with van der Waals surface area (Å²) in [5.74, 6) is 1.61. The van der Waals surface area contributed by atoms with E-state index in [0.29, 0.717) is 16.8 Å². The predicted octanol–water partition coefficient (Wildman–Crippen LogP) is 3.05. The number of amides is 1. The van der Waals surface area contributed by atoms with E-state index < -0.39 is 0 Å². The van der Waals surface area contributed by atoms with Gasteiger partial charge in [-0.3, -0.25) is 4.79 Å². The van der Waals surface area contributed by atoms with Gasteiger partial charge in [0, 0.05) is 11.4 Å². The van der Waals surface area contributed by atoms with E-state index in [1.54, 1.807) is 0 Å². The number of thioether (sulfide) groups is 1. The molecule has 2 aromatic rings. The number of anilines is 1. The van der Waals surface area contributed by atoms with Crippen LogP contribution >= 0.6 is 23.1 Å². The molecule has 6 nitrogen and oxygen atoms in total. The molecule has 0 unspecified atom stereocenters. The smallest absolute Gasteiger partial charge is 0.236 e. The number of hydrogen-bond donors (Lipinski definition) is 1. The van der Waals surface area contributed by atoms with Crippen LogP contribution < -0.4 is 5.32 Å². The van der Waals surface area contributed by atoms with Crippen molar-refractivity contribution in [3.05, 3.63) is 16.4 Å². The minimum absolute atomic E-state index is 0.0736. The Labute approximate surface area is 138 Å². The first-order valence-electron chi connectivity index (χ1n) is 7.13. The first kappa shape index (κ1) is 17.0. The lowest BCUT2D eigenvalue weighted by Crippen LogP contribution is -2.15. The third-order valence-electron chi connectivity index (χ3n) is 3.06. The van der Waals surface area contributed by atoms with Gasteiger partial charge in [0.15, 0.2) is 10.3 Å². The molecule has 0 bridgehead atoms. The van der Waals surface area contributed by atoms with Gasteiger partial charge in [0.25, 0.3) is 0 Å². The van der Waals surface area contributed by atoms with Crippen LogP contribution in [-0.4, -0.2) is 31.4 Å². The van der Waals surface area contributed by atoms with Gasteiger partial charge in [0.05, 0.1) is 11.4 Å². The summed E-state index contributed by atoms with van der Waals surface area (Å²) in [6.07, 6.45) is 0. The highest BCUT2D eigenvalue weighted by atomic mass is 32.2. The second-order valence-corrected chi connectivity index (χ2v) is 7.68. The molecule has 0 fully saturated rings. The molecule has 8 heteroatoms. The molecular weight excluding hydrogens is 318 g/mol. The maximum Gasteiger partial charge on any atom is 0.236 e. The predicted molar refractivity (Wildman–Crippen MR) is 90.5 cm³/mol. The molecule has 0 aliphatic heterocycles. The Hall–Kier alpha value is -1.41. The number of aromatic nitrogens is 4. The SMILES string of the molecule is Cc1nc(NC(=O)CSc2nnc(C)n2CC(C)C)sc1C. The number of rotatable bonds is 6. The Morgan fingerprint density at radius 2 is 2.05 bits per heavy atom. The Morgan fingerprint density at radius 3 is 2.64 bits per heavy atom. The highest BCUT2D eigenvalue weighted by Gasteiger charge is 2.14. The number of aryl methyl sites for hydroxylation is 3. The zero-order chi connectivity index (χ0) is 16.3. The van der Waals surface area contributed by atoms with E-state index in [1.165, 1.54) is 23.1 Å². The maximum atomic E-state index is 12.0. The number of thiazole rings is 1. The van der Waals surface area contributed by atoms with Crippen LogP contribution in [0.4, 0.5) is 5.13 Å². The molecule has 0 aromatic carbocycles. The molecule has 0 aliphatic carbocycles. The quantitative estimate of drug-likeness (QED) is 0.819. The minimum Gasteiger partial charge on any atom is -0.306 e. The zero-order valence-electron chi connectivity index (χ0n) is 13.5. The van der Waals surface area contributed by atoms with Crippen molar-refractivity contribution in [3.63, 3.8) is 0 Å². The molecule has 2 aromatic heterocycles. The highest BCUT2D eigenvalue weighted by molar-refractivity contribution is 7.99. The summed E-state index contributed by atoms with van der Waals surface area (Å²) in [7, 11) is 0. The second-order valence-electron chi connectivity index (χ2n) is 5.53. The van der Waals surface area contributed by atoms with Gasteiger partial charge in [-0.25, -0.2) is 4.98 Å². The number of hydrogen-bond acceptors (Lipinski definition) is 6. The number of nitrogens with zero attached hydrogens (tertiary/aromatic N) is 4. The summed E-state index contributed by atoms with van der Waals surface area (Å²) in [5, 5.41) is 12.5. The third-order valence-corrected chi connectivity index (χ3v) is 5.01. The molecular formula is C14H21N5OS2. The monoisotopic (exact) mass is 339 g/mol. The van der Waals surface area contributed by atoms with Crippen LogP contribution in [0.1, 0.15) is 30.2 Å². The normalized spacial score (nSPS) is 11.2. The average molecular weight is 339 g/mol. The summed E-state index contributed by atoms with van der Waals surface area (Å²) < 4.78 is 2.06. The van der Waals surface area contributed by atoms with Crippen LogP contribution in [0.15, 0.2) is 5.16 Å². The molecule has 22 heavy (non-hydrogen) atoms. The molecule has 0 saturated carbocycles. The van der Waals surface area contributed by atoms with Crippen molar-refractivity contribution in [3.8, 4) is 0 Å². The Kier molecular flexibility index (Phi) is 5.57. The molecule has 0 radical (unpaired) electrons. The Morgan fingerprint density at radius 1 is 1.32 bits per heavy atom. The van der Waals surface area contributed by atoms with Crippen molar-refractivity contribution in [2.24, 2.45) is 5.92 Å². The number of carbonyl (C=O) groups excluding carboxylic acids is 1. The topological polar surface area (TPSA) is 72.7 Å². The summed E-state index contributed by atoms with van der Waals surface area (Å²) in [6, 6.07) is 0. The van der Waals surface area contributed by atoms with Crippen LogP contribution in [0.25, 0.3) is 0 Å². The van der Waals surface area contributed by atoms with Gasteiger partial charge >= 0.3 is 0 Å². The number of nitrogens with one attached hydrogen (secondary N) is 1. The van der Waals surface area contributed by atoms with E-state index in [-0.39, 0.29) is 5.91 Å². The lowest BCUT2D eigenvalue weighted by atomic mass is 10.2. The second kappa shape index (κ2) is 7.23. The first-order chi connectivity index (χ1) is 10.4. The standard InChI is InChI=1S/C14H21N5OS2/c1-8(2)6-19-11(5)17-18-14(19)21-7-12(20)16-13-15-9(3)10(4)22-13/h8H,6-7H2,1-5H3,(H,15,16,20). The van der Waals surface area contributed by atoms with Gasteiger partial charge in [-0.1, -0.05) is 25.6 Å². The molecule has 0 saturated heterocycles. The summed E-state index contributed by atoms with van der Waals surface area (Å²) in [4.78, 5) is 17.5. The maximum absolute atomic E-state index is 12.0. The molecule has 2 rings (SSSR count). The Bertz CT molecular complexity index is 643. The van der Waals surface area contributed by atoms with E-state index in [2.05, 4.69) is 38.9 Å². The van der Waals surface area contributed by atoms with Crippen LogP contribution in [0.3, 0.4) is 0 Å². The number of carbonyl (C=O) groups is 1. The van der Waals surface area contributed by atoms with E-state index in [9.17, 15) is 4.79 Å². The zero-order valence-corrected chi connectivity index (χ0v) is 15.1. The molecule has 0 aliphatic rings. The molecule has 1 N–H and O–H groups in total. The van der Waals surface area contributed by atoms with E-state index >= 15 is 0 Å². The van der Waals surface area contributed by atoms with Gasteiger partial charge in [-0.2, -0.15) is 0 Å². The van der Waals surface area contributed by atoms with Crippen molar-refractivity contribution in [1.82, 2.24) is 19.7 Å². The van der Waals surface area contributed by atoms with Crippen molar-refractivity contribution < 1.29 is 4.79 Å². The van der Waals surface area contributed by atoms with Gasteiger partial charge < -0.3 is 9.88 Å². The van der Waals surface area contributed by atoms with Crippen LogP contribution in [0.2, 0.25) is 0 Å². The largest absolute Gasteiger partial charge is 0.306 e. The van der Waals surface area contributed by atoms with Gasteiger partial charge in [-0.15, -0.1) is 21.5 Å². The lowest BCUT2D eigenvalue weighted by molar-refractivity contribution is -0.113. The van der Waals surface area contributed by atoms with Crippen molar-refractivity contribution in [2.75, 3.05) is 11.1 Å². The fourth-order valence-corrected chi connectivity index (χ4v) is 3.48. The van der Waals surface area contributed by atoms with Crippen molar-refractivity contribution in [2.45, 2.75) is 46.3 Å². The molecule has 0 atom stereocenters. The molecule has 0 spiro atoms. The Balaban J connectivity index is 1.94. The summed E-state index contributed by atoms with van der Waals surface area (Å²) in [6.45, 7) is 11.0. The van der Waals surface area contributed by atoms with E-state index in [4.69, 9.17) is 0 Å². The average Bonchev–Trinajstić information content (AvgIpc) is 2.91. The van der Waals surface area contributed by atoms with E-state index in [1.807, 2.05) is 20.8 Å². The van der Waals surface area contributed by atoms with Gasteiger partial charge in [-0.05, 0) is 26.7 Å². The minimum atomic E-state index is -0.0736. The highest BCUT2D eigenvalue weighted by Crippen LogP contribution is 2.22. The van der Waals surface area contributed by atoms with Crippen LogP contribution in [-0.2, 0) is 11.3 Å². The first-order valence-corrected chi connectivity index (χ1v) is 8.93. The molecule has 120 valence electrons. The molecule has 1 amide bonds. The lowest BCUT2D eigenvalue weighted by Gasteiger charge is -2.10. The van der Waals surface area contributed by atoms with Gasteiger partial charge in [0.2, 0.25) is 5.91 Å². The summed E-state index contributed by atoms with van der Waals surface area (Å²) in [5.41, 5.74) is 0.959. The van der Waals surface area contributed by atoms with Crippen molar-refractivity contribution >= 4 is 34.1 Å². The van der Waals surface area contributed by atoms with Crippen molar-refractivity contribution in [1.29, 1.82) is 0 Å². The summed E-state index contributed by atoms with van der Waals surface area (Å²) >= 11 is 2.90. The van der Waals surface area contributed by atoms with E-state index in [0.717, 1.165) is 28.1 Å². The van der Waals surface area contributed by atoms with Gasteiger partial charge in [0.1, 0.15) is 5.82 Å². The fourth-order valence-electron chi connectivity index (χ4n) is 1.86. The fraction of sp³-hybridized carbons (Fsp3) is 0.571.